The molecule has 0 atom stereocenters. The predicted molar refractivity (Wildman–Crippen MR) is 166 cm³/mol. The number of nitrogens with zero attached hydrogens (tertiary/aromatic N) is 5. The Bertz CT molecular complexity index is 1500. The highest BCUT2D eigenvalue weighted by molar-refractivity contribution is 5.97. The van der Waals surface area contributed by atoms with E-state index in [1.165, 1.54) is 0 Å². The van der Waals surface area contributed by atoms with E-state index in [1.807, 2.05) is 71.6 Å². The van der Waals surface area contributed by atoms with Crippen LogP contribution in [0.3, 0.4) is 0 Å². The summed E-state index contributed by atoms with van der Waals surface area (Å²) in [6, 6.07) is 28.7. The second-order valence-corrected chi connectivity index (χ2v) is 10.4. The van der Waals surface area contributed by atoms with Crippen LogP contribution in [0.1, 0.15) is 22.3 Å². The van der Waals surface area contributed by atoms with Crippen molar-refractivity contribution in [1.82, 2.24) is 20.0 Å². The molecule has 0 spiro atoms. The monoisotopic (exact) mass is 579 g/mol. The summed E-state index contributed by atoms with van der Waals surface area (Å²) in [6.07, 6.45) is 1.45. The summed E-state index contributed by atoms with van der Waals surface area (Å²) < 4.78 is 10.6. The van der Waals surface area contributed by atoms with Crippen LogP contribution in [0.15, 0.2) is 91.0 Å². The molecule has 1 saturated heterocycles. The van der Waals surface area contributed by atoms with Gasteiger partial charge in [0.05, 0.1) is 19.9 Å². The maximum atomic E-state index is 13.6. The van der Waals surface area contributed by atoms with E-state index in [1.54, 1.807) is 43.4 Å². The largest absolute Gasteiger partial charge is 0.497 e. The van der Waals surface area contributed by atoms with Crippen molar-refractivity contribution in [1.29, 1.82) is 0 Å². The number of hydrogen-bond donors (Lipinski definition) is 0. The zero-order valence-corrected chi connectivity index (χ0v) is 24.7. The van der Waals surface area contributed by atoms with Crippen LogP contribution in [0.25, 0.3) is 11.3 Å². The van der Waals surface area contributed by atoms with Crippen molar-refractivity contribution in [3.05, 3.63) is 102 Å². The molecule has 9 heteroatoms. The van der Waals surface area contributed by atoms with E-state index < -0.39 is 0 Å². The van der Waals surface area contributed by atoms with E-state index in [2.05, 4.69) is 15.1 Å². The third kappa shape index (κ3) is 7.68. The summed E-state index contributed by atoms with van der Waals surface area (Å²) in [5, 5.41) is 8.93. The van der Waals surface area contributed by atoms with Crippen LogP contribution < -0.4 is 14.4 Å². The van der Waals surface area contributed by atoms with Gasteiger partial charge in [-0.05, 0) is 73.0 Å². The molecular weight excluding hydrogens is 542 g/mol. The lowest BCUT2D eigenvalue weighted by Crippen LogP contribution is -2.45. The first kappa shape index (κ1) is 29.6. The molecule has 5 rings (SSSR count). The van der Waals surface area contributed by atoms with Crippen LogP contribution in [0.5, 0.6) is 11.5 Å². The second kappa shape index (κ2) is 14.3. The topological polar surface area (TPSA) is 88.1 Å². The van der Waals surface area contributed by atoms with Crippen molar-refractivity contribution in [3.63, 3.8) is 0 Å². The molecule has 4 aromatic rings. The molecule has 1 fully saturated rings. The average Bonchev–Trinajstić information content (AvgIpc) is 3.33. The Morgan fingerprint density at radius 2 is 1.58 bits per heavy atom. The molecule has 3 aromatic carbocycles. The van der Waals surface area contributed by atoms with Gasteiger partial charge in [0.15, 0.2) is 5.82 Å². The lowest BCUT2D eigenvalue weighted by molar-refractivity contribution is -0.131. The molecule has 0 saturated carbocycles. The molecule has 43 heavy (non-hydrogen) atoms. The molecule has 0 bridgehead atoms. The molecule has 9 nitrogen and oxygen atoms in total. The smallest absolute Gasteiger partial charge is 0.254 e. The Hall–Kier alpha value is -4.92. The summed E-state index contributed by atoms with van der Waals surface area (Å²) in [5.74, 6) is 1.93. The van der Waals surface area contributed by atoms with E-state index in [-0.39, 0.29) is 18.4 Å². The van der Waals surface area contributed by atoms with E-state index in [4.69, 9.17) is 9.47 Å². The number of carbonyl (C=O) groups is 2. The van der Waals surface area contributed by atoms with Gasteiger partial charge in [-0.3, -0.25) is 9.59 Å². The van der Waals surface area contributed by atoms with Crippen molar-refractivity contribution < 1.29 is 19.1 Å². The van der Waals surface area contributed by atoms with Crippen molar-refractivity contribution in [3.8, 4) is 22.8 Å². The minimum Gasteiger partial charge on any atom is -0.497 e. The fourth-order valence-electron chi connectivity index (χ4n) is 5.17. The lowest BCUT2D eigenvalue weighted by atomic mass is 10.1. The summed E-state index contributed by atoms with van der Waals surface area (Å²) in [7, 11) is 3.22. The molecule has 1 aliphatic heterocycles. The number of carbonyl (C=O) groups excluding carboxylic acids is 2. The fourth-order valence-corrected chi connectivity index (χ4v) is 5.17. The first-order valence-corrected chi connectivity index (χ1v) is 14.5. The quantitative estimate of drug-likeness (QED) is 0.272. The van der Waals surface area contributed by atoms with Crippen LogP contribution in [-0.2, 0) is 11.2 Å². The first-order valence-electron chi connectivity index (χ1n) is 14.5. The number of benzene rings is 3. The van der Waals surface area contributed by atoms with Gasteiger partial charge in [-0.2, -0.15) is 0 Å². The molecule has 222 valence electrons. The maximum absolute atomic E-state index is 13.6. The third-order valence-corrected chi connectivity index (χ3v) is 7.65. The first-order chi connectivity index (χ1) is 21.0. The van der Waals surface area contributed by atoms with Crippen LogP contribution in [0, 0.1) is 0 Å². The van der Waals surface area contributed by atoms with Crippen LogP contribution in [-0.4, -0.2) is 85.3 Å². The Labute approximate surface area is 252 Å². The zero-order valence-electron chi connectivity index (χ0n) is 24.7. The summed E-state index contributed by atoms with van der Waals surface area (Å²) >= 11 is 0. The van der Waals surface area contributed by atoms with Gasteiger partial charge in [0, 0.05) is 43.9 Å². The second-order valence-electron chi connectivity index (χ2n) is 10.4. The Morgan fingerprint density at radius 3 is 2.30 bits per heavy atom. The van der Waals surface area contributed by atoms with Gasteiger partial charge in [-0.1, -0.05) is 36.4 Å². The average molecular weight is 580 g/mol. The minimum atomic E-state index is -0.188. The zero-order chi connectivity index (χ0) is 30.0. The van der Waals surface area contributed by atoms with Gasteiger partial charge in [-0.15, -0.1) is 10.2 Å². The molecule has 0 unspecified atom stereocenters. The predicted octanol–water partition coefficient (Wildman–Crippen LogP) is 4.58. The maximum Gasteiger partial charge on any atom is 0.254 e. The molecular formula is C34H37N5O4. The van der Waals surface area contributed by atoms with Gasteiger partial charge < -0.3 is 24.2 Å². The molecule has 0 radical (unpaired) electrons. The Morgan fingerprint density at radius 1 is 0.791 bits per heavy atom. The normalized spacial score (nSPS) is 13.3. The SMILES string of the molecule is COc1ccc(-c2ccc(N3CCCN(C(=O)CN(CCc4ccccc4)C(=O)c4cccc(OC)c4)CC3)nn2)cc1. The number of hydrogen-bond acceptors (Lipinski definition) is 7. The summed E-state index contributed by atoms with van der Waals surface area (Å²) in [4.78, 5) is 32.8. The number of methoxy groups -OCH3 is 2. The Balaban J connectivity index is 1.23. The van der Waals surface area contributed by atoms with E-state index in [0.29, 0.717) is 43.9 Å². The molecule has 0 N–H and O–H groups in total. The number of rotatable bonds is 10. The van der Waals surface area contributed by atoms with Gasteiger partial charge in [-0.25, -0.2) is 0 Å². The third-order valence-electron chi connectivity index (χ3n) is 7.65. The van der Waals surface area contributed by atoms with Gasteiger partial charge >= 0.3 is 0 Å². The van der Waals surface area contributed by atoms with Crippen molar-refractivity contribution in [2.24, 2.45) is 0 Å². The molecule has 2 heterocycles. The number of ether oxygens (including phenoxy) is 2. The molecule has 2 amide bonds. The van der Waals surface area contributed by atoms with Crippen molar-refractivity contribution in [2.45, 2.75) is 12.8 Å². The van der Waals surface area contributed by atoms with E-state index in [9.17, 15) is 9.59 Å². The van der Waals surface area contributed by atoms with Gasteiger partial charge in [0.2, 0.25) is 5.91 Å². The molecule has 1 aromatic heterocycles. The number of amides is 2. The van der Waals surface area contributed by atoms with Crippen LogP contribution >= 0.6 is 0 Å². The summed E-state index contributed by atoms with van der Waals surface area (Å²) in [5.41, 5.74) is 3.36. The van der Waals surface area contributed by atoms with Gasteiger partial charge in [0.25, 0.3) is 5.91 Å². The van der Waals surface area contributed by atoms with E-state index in [0.717, 1.165) is 41.4 Å². The molecule has 1 aliphatic rings. The number of aromatic nitrogens is 2. The van der Waals surface area contributed by atoms with E-state index >= 15 is 0 Å². The highest BCUT2D eigenvalue weighted by Crippen LogP contribution is 2.22. The summed E-state index contributed by atoms with van der Waals surface area (Å²) in [6.45, 7) is 3.01. The lowest BCUT2D eigenvalue weighted by Gasteiger charge is -2.27. The van der Waals surface area contributed by atoms with Crippen molar-refractivity contribution in [2.75, 3.05) is 58.4 Å². The van der Waals surface area contributed by atoms with Crippen LogP contribution in [0.2, 0.25) is 0 Å². The highest BCUT2D eigenvalue weighted by atomic mass is 16.5. The van der Waals surface area contributed by atoms with Crippen LogP contribution in [0.4, 0.5) is 5.82 Å². The fraction of sp³-hybridized carbons (Fsp3) is 0.294. The number of anilines is 1. The molecule has 0 aliphatic carbocycles. The standard InChI is InChI=1S/C34H37N5O4/c1-42-29-14-12-27(13-15-29)31-16-17-32(36-35-31)37-19-7-20-38(23-22-37)33(40)25-39(21-18-26-8-4-3-5-9-26)34(41)28-10-6-11-30(24-28)43-2/h3-6,8-17,24H,7,18-23,25H2,1-2H3. The van der Waals surface area contributed by atoms with Crippen molar-refractivity contribution >= 4 is 17.6 Å². The van der Waals surface area contributed by atoms with Gasteiger partial charge in [0.1, 0.15) is 18.0 Å². The minimum absolute atomic E-state index is 0.0131. The highest BCUT2D eigenvalue weighted by Gasteiger charge is 2.25. The Kier molecular flexibility index (Phi) is 9.84.